The van der Waals surface area contributed by atoms with E-state index in [-0.39, 0.29) is 14.7 Å². The van der Waals surface area contributed by atoms with E-state index in [1.54, 1.807) is 13.8 Å². The number of halogens is 2. The van der Waals surface area contributed by atoms with Crippen LogP contribution in [0.4, 0.5) is 0 Å². The minimum atomic E-state index is -0.915. The summed E-state index contributed by atoms with van der Waals surface area (Å²) in [5.74, 6) is 5.94. The molecule has 25 heavy (non-hydrogen) atoms. The van der Waals surface area contributed by atoms with Crippen LogP contribution in [0.1, 0.15) is 57.2 Å². The second-order valence-electron chi connectivity index (χ2n) is 6.99. The van der Waals surface area contributed by atoms with Gasteiger partial charge in [0.05, 0.1) is 0 Å². The second-order valence-corrected chi connectivity index (χ2v) is 6.99. The second kappa shape index (κ2) is 12.8. The predicted octanol–water partition coefficient (Wildman–Crippen LogP) is 7.11. The third-order valence-corrected chi connectivity index (χ3v) is 3.00. The highest BCUT2D eigenvalue weighted by atomic mass is 128. The van der Waals surface area contributed by atoms with Crippen LogP contribution in [-0.2, 0) is 9.47 Å². The molecule has 0 bridgehead atoms. The van der Waals surface area contributed by atoms with Gasteiger partial charge in [-0.05, 0) is 44.6 Å². The zero-order valence-electron chi connectivity index (χ0n) is 15.9. The molecule has 0 saturated carbocycles. The predicted molar refractivity (Wildman–Crippen MR) is 125 cm³/mol. The van der Waals surface area contributed by atoms with Crippen molar-refractivity contribution in [3.63, 3.8) is 0 Å². The lowest BCUT2D eigenvalue weighted by molar-refractivity contribution is -0.0195. The van der Waals surface area contributed by atoms with Crippen molar-refractivity contribution < 1.29 is 22.5 Å². The summed E-state index contributed by atoms with van der Waals surface area (Å²) in [5.41, 5.74) is 0.493. The van der Waals surface area contributed by atoms with Crippen molar-refractivity contribution in [3.8, 4) is 11.8 Å². The van der Waals surface area contributed by atoms with Crippen LogP contribution in [0.3, 0.4) is 0 Å². The summed E-state index contributed by atoms with van der Waals surface area (Å²) < 4.78 is 10.9. The van der Waals surface area contributed by atoms with Crippen molar-refractivity contribution in [3.05, 3.63) is 30.8 Å². The van der Waals surface area contributed by atoms with Crippen LogP contribution in [0.25, 0.3) is 0 Å². The molecule has 0 radical (unpaired) electrons. The van der Waals surface area contributed by atoms with Crippen molar-refractivity contribution in [2.24, 2.45) is 11.8 Å². The lowest BCUT2D eigenvalue weighted by atomic mass is 9.90. The third-order valence-electron chi connectivity index (χ3n) is 3.00. The molecule has 0 heterocycles. The van der Waals surface area contributed by atoms with Gasteiger partial charge in [-0.25, -0.2) is 0 Å². The van der Waals surface area contributed by atoms with E-state index in [2.05, 4.69) is 68.0 Å². The van der Waals surface area contributed by atoms with Gasteiger partial charge in [-0.15, -0.1) is 0 Å². The Kier molecular flexibility index (Phi) is 13.6. The van der Waals surface area contributed by atoms with E-state index >= 15 is 0 Å². The fraction of sp³-hybridized carbons (Fsp3) is 0.632. The van der Waals surface area contributed by atoms with E-state index in [1.807, 2.05) is 27.7 Å². The first-order valence-corrected chi connectivity index (χ1v) is 14.2. The number of hydrogen-bond acceptors (Lipinski definition) is 4. The molecular formula is C19H34I2O4. The summed E-state index contributed by atoms with van der Waals surface area (Å²) in [7, 11) is 0. The monoisotopic (exact) mass is 580 g/mol. The standard InChI is InChI=1S/C19H30O4.I2.2H2/c1-9-17(21)23-19(8,13-15(4)5)11-10-18(7,12-14(2)3)22-16(6)20;1-2;;/h14-15,20-21H,1,6,12-13H2,2-5,7-8H3;;2*1H. The topological polar surface area (TPSA) is 58.9 Å². The molecule has 2 N–H and O–H groups in total. The van der Waals surface area contributed by atoms with Crippen LogP contribution < -0.4 is 0 Å². The van der Waals surface area contributed by atoms with Crippen LogP contribution >= 0.6 is 37.2 Å². The summed E-state index contributed by atoms with van der Waals surface area (Å²) in [6.07, 6.45) is 1.21. The van der Waals surface area contributed by atoms with E-state index in [1.165, 1.54) is 0 Å². The lowest BCUT2D eigenvalue weighted by Crippen LogP contribution is -2.32. The molecule has 0 aromatic heterocycles. The van der Waals surface area contributed by atoms with Gasteiger partial charge in [0.2, 0.25) is 0 Å². The fourth-order valence-corrected chi connectivity index (χ4v) is 2.57. The van der Waals surface area contributed by atoms with Gasteiger partial charge in [-0.3, -0.25) is 0 Å². The first kappa shape index (κ1) is 26.7. The molecule has 0 saturated heterocycles. The van der Waals surface area contributed by atoms with Crippen molar-refractivity contribution in [1.82, 2.24) is 0 Å². The summed E-state index contributed by atoms with van der Waals surface area (Å²) in [6, 6.07) is 0. The molecule has 0 aromatic rings. The third kappa shape index (κ3) is 13.4. The molecule has 0 aliphatic rings. The first-order valence-electron chi connectivity index (χ1n) is 7.95. The van der Waals surface area contributed by atoms with Crippen molar-refractivity contribution in [2.45, 2.75) is 65.6 Å². The molecule has 148 valence electrons. The SMILES string of the molecule is C=C=C(O)OC(C)(C#CC(C)(CC(C)C)OC(=C)O)CC(C)C.II.[HH].[HH]. The zero-order chi connectivity index (χ0) is 20.3. The maximum Gasteiger partial charge on any atom is 0.326 e. The molecular weight excluding hydrogens is 546 g/mol. The van der Waals surface area contributed by atoms with Gasteiger partial charge in [0, 0.05) is 52.9 Å². The molecule has 2 atom stereocenters. The summed E-state index contributed by atoms with van der Waals surface area (Å²) in [6.45, 7) is 18.5. The average Bonchev–Trinajstić information content (AvgIpc) is 2.45. The fourth-order valence-electron chi connectivity index (χ4n) is 2.57. The Bertz CT molecular complexity index is 538. The normalized spacial score (nSPS) is 14.6. The average molecular weight is 580 g/mol. The Balaban J connectivity index is -0.000000637. The summed E-state index contributed by atoms with van der Waals surface area (Å²) >= 11 is 4.24. The van der Waals surface area contributed by atoms with Gasteiger partial charge >= 0.3 is 5.95 Å². The smallest absolute Gasteiger partial charge is 0.326 e. The van der Waals surface area contributed by atoms with Gasteiger partial charge in [-0.1, -0.05) is 39.5 Å². The molecule has 0 aromatic carbocycles. The molecule has 0 spiro atoms. The molecule has 0 fully saturated rings. The number of ether oxygens (including phenoxy) is 2. The van der Waals surface area contributed by atoms with E-state index < -0.39 is 11.2 Å². The molecule has 0 aliphatic heterocycles. The quantitative estimate of drug-likeness (QED) is 0.139. The van der Waals surface area contributed by atoms with Crippen LogP contribution in [0.2, 0.25) is 0 Å². The lowest BCUT2D eigenvalue weighted by Gasteiger charge is -2.29. The van der Waals surface area contributed by atoms with Crippen LogP contribution in [0.15, 0.2) is 30.8 Å². The number of rotatable bonds is 8. The highest BCUT2D eigenvalue weighted by Gasteiger charge is 2.30. The maximum atomic E-state index is 9.59. The Morgan fingerprint density at radius 3 is 1.64 bits per heavy atom. The zero-order valence-corrected chi connectivity index (χ0v) is 20.3. The van der Waals surface area contributed by atoms with Gasteiger partial charge < -0.3 is 19.7 Å². The van der Waals surface area contributed by atoms with E-state index in [0.717, 1.165) is 0 Å². The van der Waals surface area contributed by atoms with Crippen LogP contribution in [0, 0.1) is 23.7 Å². The largest absolute Gasteiger partial charge is 0.481 e. The van der Waals surface area contributed by atoms with E-state index in [0.29, 0.717) is 24.7 Å². The van der Waals surface area contributed by atoms with Gasteiger partial charge in [0.25, 0.3) is 5.95 Å². The highest BCUT2D eigenvalue weighted by molar-refractivity contribution is 15.0. The molecule has 6 heteroatoms. The molecule has 2 unspecified atom stereocenters. The van der Waals surface area contributed by atoms with E-state index in [4.69, 9.17) is 9.47 Å². The van der Waals surface area contributed by atoms with Crippen molar-refractivity contribution >= 4 is 37.2 Å². The molecule has 0 rings (SSSR count). The minimum Gasteiger partial charge on any atom is -0.481 e. The van der Waals surface area contributed by atoms with Crippen molar-refractivity contribution in [2.75, 3.05) is 0 Å². The highest BCUT2D eigenvalue weighted by Crippen LogP contribution is 2.26. The van der Waals surface area contributed by atoms with Gasteiger partial charge in [0.1, 0.15) is 0 Å². The minimum absolute atomic E-state index is 0. The van der Waals surface area contributed by atoms with E-state index in [9.17, 15) is 10.2 Å². The maximum absolute atomic E-state index is 9.59. The Morgan fingerprint density at radius 1 is 1.00 bits per heavy atom. The summed E-state index contributed by atoms with van der Waals surface area (Å²) in [5, 5.41) is 19.0. The van der Waals surface area contributed by atoms with Gasteiger partial charge in [-0.2, -0.15) is 0 Å². The Labute approximate surface area is 179 Å². The first-order chi connectivity index (χ1) is 11.4. The molecule has 0 amide bonds. The summed E-state index contributed by atoms with van der Waals surface area (Å²) in [4.78, 5) is 0. The number of hydrogen-bond donors (Lipinski definition) is 2. The Hall–Kier alpha value is -0.520. The number of aliphatic hydroxyl groups is 2. The van der Waals surface area contributed by atoms with Crippen molar-refractivity contribution in [1.29, 1.82) is 0 Å². The molecule has 4 nitrogen and oxygen atoms in total. The van der Waals surface area contributed by atoms with Crippen LogP contribution in [-0.4, -0.2) is 21.4 Å². The van der Waals surface area contributed by atoms with Gasteiger partial charge in [0.15, 0.2) is 11.2 Å². The molecule has 0 aliphatic carbocycles. The Morgan fingerprint density at radius 2 is 1.36 bits per heavy atom. The van der Waals surface area contributed by atoms with Crippen LogP contribution in [0.5, 0.6) is 0 Å². The number of aliphatic hydroxyl groups excluding tert-OH is 2.